The van der Waals surface area contributed by atoms with Crippen LogP contribution in [0, 0.1) is 6.92 Å². The van der Waals surface area contributed by atoms with E-state index in [9.17, 15) is 0 Å². The highest BCUT2D eigenvalue weighted by molar-refractivity contribution is 9.10. The van der Waals surface area contributed by atoms with Crippen LogP contribution in [0.15, 0.2) is 34.9 Å². The summed E-state index contributed by atoms with van der Waals surface area (Å²) in [4.78, 5) is 8.12. The van der Waals surface area contributed by atoms with Gasteiger partial charge in [0.05, 0.1) is 5.69 Å². The molecular formula is C11H12BrN5. The SMILES string of the molecule is Cc1ccc(Br)c(Nc2ccnc(NN)n2)c1. The highest BCUT2D eigenvalue weighted by Gasteiger charge is 2.02. The molecule has 5 nitrogen and oxygen atoms in total. The molecule has 0 aliphatic rings. The van der Waals surface area contributed by atoms with E-state index < -0.39 is 0 Å². The van der Waals surface area contributed by atoms with Crippen molar-refractivity contribution in [1.29, 1.82) is 0 Å². The molecule has 0 atom stereocenters. The number of nitrogens with one attached hydrogen (secondary N) is 2. The second-order valence-corrected chi connectivity index (χ2v) is 4.37. The molecular weight excluding hydrogens is 282 g/mol. The van der Waals surface area contributed by atoms with Gasteiger partial charge in [0.25, 0.3) is 0 Å². The lowest BCUT2D eigenvalue weighted by atomic mass is 10.2. The van der Waals surface area contributed by atoms with E-state index in [1.165, 1.54) is 5.56 Å². The van der Waals surface area contributed by atoms with Gasteiger partial charge in [-0.25, -0.2) is 10.8 Å². The maximum absolute atomic E-state index is 5.25. The summed E-state index contributed by atoms with van der Waals surface area (Å²) in [5.41, 5.74) is 4.52. The summed E-state index contributed by atoms with van der Waals surface area (Å²) in [6.07, 6.45) is 1.63. The Morgan fingerprint density at radius 3 is 2.88 bits per heavy atom. The molecule has 0 amide bonds. The molecule has 0 bridgehead atoms. The van der Waals surface area contributed by atoms with Crippen molar-refractivity contribution in [2.45, 2.75) is 6.92 Å². The number of aryl methyl sites for hydroxylation is 1. The molecule has 17 heavy (non-hydrogen) atoms. The van der Waals surface area contributed by atoms with Crippen molar-refractivity contribution < 1.29 is 0 Å². The van der Waals surface area contributed by atoms with Crippen molar-refractivity contribution in [1.82, 2.24) is 9.97 Å². The van der Waals surface area contributed by atoms with Crippen molar-refractivity contribution in [3.63, 3.8) is 0 Å². The normalized spacial score (nSPS) is 10.1. The summed E-state index contributed by atoms with van der Waals surface area (Å²) in [6.45, 7) is 2.03. The fourth-order valence-corrected chi connectivity index (χ4v) is 1.72. The maximum Gasteiger partial charge on any atom is 0.239 e. The van der Waals surface area contributed by atoms with Crippen molar-refractivity contribution in [3.8, 4) is 0 Å². The van der Waals surface area contributed by atoms with Crippen molar-refractivity contribution >= 4 is 33.4 Å². The van der Waals surface area contributed by atoms with Gasteiger partial charge in [-0.1, -0.05) is 6.07 Å². The summed E-state index contributed by atoms with van der Waals surface area (Å²) in [5.74, 6) is 6.31. The van der Waals surface area contributed by atoms with Gasteiger partial charge in [0.1, 0.15) is 5.82 Å². The van der Waals surface area contributed by atoms with Crippen LogP contribution in [0.5, 0.6) is 0 Å². The van der Waals surface area contributed by atoms with E-state index in [0.29, 0.717) is 11.8 Å². The Labute approximate surface area is 108 Å². The summed E-state index contributed by atoms with van der Waals surface area (Å²) in [5, 5.41) is 3.19. The topological polar surface area (TPSA) is 75.9 Å². The third-order valence-electron chi connectivity index (χ3n) is 2.17. The number of nitrogens with two attached hydrogens (primary N) is 1. The van der Waals surface area contributed by atoms with Gasteiger partial charge in [-0.15, -0.1) is 0 Å². The first kappa shape index (κ1) is 11.8. The molecule has 0 saturated carbocycles. The first-order chi connectivity index (χ1) is 8.19. The molecule has 6 heteroatoms. The van der Waals surface area contributed by atoms with Gasteiger partial charge in [0.2, 0.25) is 5.95 Å². The molecule has 1 aromatic carbocycles. The molecule has 0 saturated heterocycles. The minimum absolute atomic E-state index is 0.374. The molecule has 0 aliphatic carbocycles. The van der Waals surface area contributed by atoms with E-state index in [-0.39, 0.29) is 0 Å². The number of nitrogens with zero attached hydrogens (tertiary/aromatic N) is 2. The Bertz CT molecular complexity index is 529. The Balaban J connectivity index is 2.27. The summed E-state index contributed by atoms with van der Waals surface area (Å²) >= 11 is 3.48. The number of hydrazine groups is 1. The van der Waals surface area contributed by atoms with Crippen LogP contribution < -0.4 is 16.6 Å². The average Bonchev–Trinajstić information content (AvgIpc) is 2.34. The molecule has 0 unspecified atom stereocenters. The zero-order valence-electron chi connectivity index (χ0n) is 9.24. The standard InChI is InChI=1S/C11H12BrN5/c1-7-2-3-8(12)9(6-7)15-10-4-5-14-11(16-10)17-13/h2-6H,13H2,1H3,(H2,14,15,16,17). The Hall–Kier alpha value is -1.66. The number of rotatable bonds is 3. The second-order valence-electron chi connectivity index (χ2n) is 3.52. The molecule has 2 rings (SSSR count). The van der Waals surface area contributed by atoms with Gasteiger partial charge in [-0.3, -0.25) is 5.43 Å². The third kappa shape index (κ3) is 2.92. The molecule has 0 spiro atoms. The van der Waals surface area contributed by atoms with Gasteiger partial charge in [-0.05, 0) is 46.6 Å². The van der Waals surface area contributed by atoms with Crippen LogP contribution in [-0.4, -0.2) is 9.97 Å². The largest absolute Gasteiger partial charge is 0.339 e. The fourth-order valence-electron chi connectivity index (χ4n) is 1.37. The number of halogens is 1. The predicted octanol–water partition coefficient (Wildman–Crippen LogP) is 2.58. The number of hydrogen-bond donors (Lipinski definition) is 3. The van der Waals surface area contributed by atoms with Crippen molar-refractivity contribution in [2.75, 3.05) is 10.7 Å². The maximum atomic E-state index is 5.25. The van der Waals surface area contributed by atoms with Gasteiger partial charge >= 0.3 is 0 Å². The minimum atomic E-state index is 0.374. The zero-order chi connectivity index (χ0) is 12.3. The molecule has 88 valence electrons. The zero-order valence-corrected chi connectivity index (χ0v) is 10.8. The van der Waals surface area contributed by atoms with Crippen LogP contribution >= 0.6 is 15.9 Å². The first-order valence-corrected chi connectivity index (χ1v) is 5.81. The molecule has 0 radical (unpaired) electrons. The summed E-state index contributed by atoms with van der Waals surface area (Å²) in [7, 11) is 0. The van der Waals surface area contributed by atoms with Gasteiger partial charge in [-0.2, -0.15) is 4.98 Å². The van der Waals surface area contributed by atoms with Crippen LogP contribution in [0.3, 0.4) is 0 Å². The molecule has 0 fully saturated rings. The van der Waals surface area contributed by atoms with Crippen molar-refractivity contribution in [3.05, 3.63) is 40.5 Å². The van der Waals surface area contributed by atoms with Gasteiger partial charge in [0.15, 0.2) is 0 Å². The number of hydrogen-bond acceptors (Lipinski definition) is 5. The lowest BCUT2D eigenvalue weighted by Gasteiger charge is -2.09. The monoisotopic (exact) mass is 293 g/mol. The van der Waals surface area contributed by atoms with Crippen LogP contribution in [-0.2, 0) is 0 Å². The third-order valence-corrected chi connectivity index (χ3v) is 2.86. The quantitative estimate of drug-likeness (QED) is 0.599. The number of nitrogen functional groups attached to an aromatic ring is 1. The van der Waals surface area contributed by atoms with E-state index in [2.05, 4.69) is 36.6 Å². The van der Waals surface area contributed by atoms with Crippen LogP contribution in [0.2, 0.25) is 0 Å². The van der Waals surface area contributed by atoms with E-state index >= 15 is 0 Å². The minimum Gasteiger partial charge on any atom is -0.339 e. The Kier molecular flexibility index (Phi) is 3.55. The van der Waals surface area contributed by atoms with Crippen LogP contribution in [0.4, 0.5) is 17.5 Å². The molecule has 1 heterocycles. The number of aromatic nitrogens is 2. The lowest BCUT2D eigenvalue weighted by Crippen LogP contribution is -2.10. The predicted molar refractivity (Wildman–Crippen MR) is 72.0 cm³/mol. The lowest BCUT2D eigenvalue weighted by molar-refractivity contribution is 1.12. The first-order valence-electron chi connectivity index (χ1n) is 5.02. The van der Waals surface area contributed by atoms with Crippen LogP contribution in [0.25, 0.3) is 0 Å². The Morgan fingerprint density at radius 2 is 2.12 bits per heavy atom. The van der Waals surface area contributed by atoms with E-state index in [0.717, 1.165) is 10.2 Å². The van der Waals surface area contributed by atoms with Crippen LogP contribution in [0.1, 0.15) is 5.56 Å². The van der Waals surface area contributed by atoms with Gasteiger partial charge < -0.3 is 5.32 Å². The molecule has 1 aromatic heterocycles. The summed E-state index contributed by atoms with van der Waals surface area (Å²) in [6, 6.07) is 7.82. The molecule has 2 aromatic rings. The number of anilines is 3. The molecule has 0 aliphatic heterocycles. The Morgan fingerprint density at radius 1 is 1.29 bits per heavy atom. The highest BCUT2D eigenvalue weighted by Crippen LogP contribution is 2.26. The van der Waals surface area contributed by atoms with E-state index in [1.807, 2.05) is 25.1 Å². The smallest absolute Gasteiger partial charge is 0.239 e. The van der Waals surface area contributed by atoms with Gasteiger partial charge in [0, 0.05) is 10.7 Å². The molecule has 4 N–H and O–H groups in total. The average molecular weight is 294 g/mol. The van der Waals surface area contributed by atoms with Crippen molar-refractivity contribution in [2.24, 2.45) is 5.84 Å². The highest BCUT2D eigenvalue weighted by atomic mass is 79.9. The number of benzene rings is 1. The fraction of sp³-hybridized carbons (Fsp3) is 0.0909. The van der Waals surface area contributed by atoms with E-state index in [4.69, 9.17) is 5.84 Å². The summed E-state index contributed by atoms with van der Waals surface area (Å²) < 4.78 is 0.976. The second kappa shape index (κ2) is 5.11. The van der Waals surface area contributed by atoms with E-state index in [1.54, 1.807) is 12.3 Å².